The lowest BCUT2D eigenvalue weighted by Gasteiger charge is -2.23. The van der Waals surface area contributed by atoms with Crippen molar-refractivity contribution in [3.63, 3.8) is 0 Å². The average Bonchev–Trinajstić information content (AvgIpc) is 2.77. The second-order valence-electron chi connectivity index (χ2n) is 4.50. The summed E-state index contributed by atoms with van der Waals surface area (Å²) >= 11 is 0. The Kier molecular flexibility index (Phi) is 3.80. The van der Waals surface area contributed by atoms with Crippen LogP contribution in [0.3, 0.4) is 0 Å². The fourth-order valence-corrected chi connectivity index (χ4v) is 2.42. The molecule has 18 heavy (non-hydrogen) atoms. The molecule has 1 aromatic carbocycles. The zero-order valence-electron chi connectivity index (χ0n) is 10.3. The highest BCUT2D eigenvalue weighted by Crippen LogP contribution is 2.37. The summed E-state index contributed by atoms with van der Waals surface area (Å²) in [7, 11) is 0. The molecule has 2 nitrogen and oxygen atoms in total. The van der Waals surface area contributed by atoms with Crippen molar-refractivity contribution >= 4 is 5.69 Å². The van der Waals surface area contributed by atoms with E-state index in [4.69, 9.17) is 0 Å². The minimum absolute atomic E-state index is 0.288. The van der Waals surface area contributed by atoms with Crippen LogP contribution in [0.4, 0.5) is 18.9 Å². The summed E-state index contributed by atoms with van der Waals surface area (Å²) in [4.78, 5) is 1.82. The summed E-state index contributed by atoms with van der Waals surface area (Å²) in [6, 6.07) is 6.08. The van der Waals surface area contributed by atoms with E-state index in [1.807, 2.05) is 11.8 Å². The van der Waals surface area contributed by atoms with Crippen LogP contribution in [0, 0.1) is 0 Å². The van der Waals surface area contributed by atoms with E-state index in [2.05, 4.69) is 5.32 Å². The van der Waals surface area contributed by atoms with E-state index >= 15 is 0 Å². The fourth-order valence-electron chi connectivity index (χ4n) is 2.42. The molecule has 1 fully saturated rings. The Morgan fingerprint density at radius 3 is 2.72 bits per heavy atom. The molecule has 0 amide bonds. The molecule has 0 radical (unpaired) electrons. The number of likely N-dealkylation sites (N-methyl/N-ethyl adjacent to an activating group) is 1. The normalized spacial score (nSPS) is 20.4. The quantitative estimate of drug-likeness (QED) is 0.896. The van der Waals surface area contributed by atoms with Crippen LogP contribution in [0.15, 0.2) is 24.3 Å². The van der Waals surface area contributed by atoms with Gasteiger partial charge in [-0.1, -0.05) is 19.1 Å². The van der Waals surface area contributed by atoms with Gasteiger partial charge < -0.3 is 10.2 Å². The van der Waals surface area contributed by atoms with Gasteiger partial charge in [0, 0.05) is 24.8 Å². The Morgan fingerprint density at radius 1 is 1.33 bits per heavy atom. The van der Waals surface area contributed by atoms with Gasteiger partial charge in [-0.3, -0.25) is 0 Å². The number of alkyl halides is 3. The molecular weight excluding hydrogens is 241 g/mol. The second-order valence-corrected chi connectivity index (χ2v) is 4.50. The predicted molar refractivity (Wildman–Crippen MR) is 65.7 cm³/mol. The van der Waals surface area contributed by atoms with Crippen molar-refractivity contribution in [3.8, 4) is 0 Å². The third-order valence-corrected chi connectivity index (χ3v) is 3.23. The Bertz CT molecular complexity index is 403. The van der Waals surface area contributed by atoms with E-state index in [-0.39, 0.29) is 6.04 Å². The summed E-state index contributed by atoms with van der Waals surface area (Å²) in [6.45, 7) is 4.16. The molecule has 1 aromatic rings. The molecule has 1 saturated heterocycles. The number of nitrogens with zero attached hydrogens (tertiary/aromatic N) is 1. The van der Waals surface area contributed by atoms with Crippen LogP contribution in [-0.4, -0.2) is 25.7 Å². The van der Waals surface area contributed by atoms with Gasteiger partial charge in [-0.15, -0.1) is 0 Å². The molecule has 0 spiro atoms. The van der Waals surface area contributed by atoms with Crippen LogP contribution in [0.5, 0.6) is 0 Å². The van der Waals surface area contributed by atoms with Crippen molar-refractivity contribution < 1.29 is 13.2 Å². The first kappa shape index (κ1) is 13.2. The number of hydrogen-bond donors (Lipinski definition) is 1. The van der Waals surface area contributed by atoms with Crippen LogP contribution < -0.4 is 10.2 Å². The number of anilines is 1. The topological polar surface area (TPSA) is 15.3 Å². The lowest BCUT2D eigenvalue weighted by atomic mass is 10.1. The molecule has 2 rings (SSSR count). The van der Waals surface area contributed by atoms with Crippen molar-refractivity contribution in [2.75, 3.05) is 24.5 Å². The third kappa shape index (κ3) is 2.77. The summed E-state index contributed by atoms with van der Waals surface area (Å²) < 4.78 is 38.7. The zero-order chi connectivity index (χ0) is 13.2. The molecule has 0 aromatic heterocycles. The summed E-state index contributed by atoms with van der Waals surface area (Å²) in [5.74, 6) is 0. The molecule has 0 bridgehead atoms. The van der Waals surface area contributed by atoms with Crippen LogP contribution >= 0.6 is 0 Å². The fraction of sp³-hybridized carbons (Fsp3) is 0.538. The maximum absolute atomic E-state index is 12.9. The van der Waals surface area contributed by atoms with E-state index in [0.717, 1.165) is 19.0 Å². The van der Waals surface area contributed by atoms with Crippen molar-refractivity contribution in [2.24, 2.45) is 0 Å². The number of benzene rings is 1. The van der Waals surface area contributed by atoms with Crippen molar-refractivity contribution in [2.45, 2.75) is 25.6 Å². The molecule has 0 aliphatic carbocycles. The van der Waals surface area contributed by atoms with Crippen LogP contribution in [-0.2, 0) is 6.18 Å². The highest BCUT2D eigenvalue weighted by molar-refractivity contribution is 5.55. The van der Waals surface area contributed by atoms with Crippen LogP contribution in [0.1, 0.15) is 18.9 Å². The first-order valence-corrected chi connectivity index (χ1v) is 6.17. The minimum atomic E-state index is -4.28. The lowest BCUT2D eigenvalue weighted by molar-refractivity contribution is -0.137. The molecule has 100 valence electrons. The molecular formula is C13H17F3N2. The highest BCUT2D eigenvalue weighted by atomic mass is 19.4. The standard InChI is InChI=1S/C13H17F3N2/c1-2-17-10-7-8-18(9-10)12-6-4-3-5-11(12)13(14,15)16/h3-6,10,17H,2,7-9H2,1H3. The van der Waals surface area contributed by atoms with Gasteiger partial charge in [0.05, 0.1) is 5.56 Å². The summed E-state index contributed by atoms with van der Waals surface area (Å²) in [5, 5.41) is 3.28. The van der Waals surface area contributed by atoms with E-state index < -0.39 is 11.7 Å². The molecule has 5 heteroatoms. The van der Waals surface area contributed by atoms with Gasteiger partial charge in [0.2, 0.25) is 0 Å². The predicted octanol–water partition coefficient (Wildman–Crippen LogP) is 2.89. The Morgan fingerprint density at radius 2 is 2.06 bits per heavy atom. The summed E-state index contributed by atoms with van der Waals surface area (Å²) in [6.07, 6.45) is -3.40. The minimum Gasteiger partial charge on any atom is -0.369 e. The zero-order valence-corrected chi connectivity index (χ0v) is 10.3. The Hall–Kier alpha value is -1.23. The number of hydrogen-bond acceptors (Lipinski definition) is 2. The third-order valence-electron chi connectivity index (χ3n) is 3.23. The van der Waals surface area contributed by atoms with Crippen molar-refractivity contribution in [1.29, 1.82) is 0 Å². The monoisotopic (exact) mass is 258 g/mol. The van der Waals surface area contributed by atoms with Crippen molar-refractivity contribution in [3.05, 3.63) is 29.8 Å². The molecule has 1 atom stereocenters. The highest BCUT2D eigenvalue weighted by Gasteiger charge is 2.35. The van der Waals surface area contributed by atoms with E-state index in [9.17, 15) is 13.2 Å². The van der Waals surface area contributed by atoms with Gasteiger partial charge in [-0.05, 0) is 25.1 Å². The number of rotatable bonds is 3. The van der Waals surface area contributed by atoms with Crippen LogP contribution in [0.2, 0.25) is 0 Å². The van der Waals surface area contributed by atoms with Gasteiger partial charge in [0.15, 0.2) is 0 Å². The van der Waals surface area contributed by atoms with Crippen molar-refractivity contribution in [1.82, 2.24) is 5.32 Å². The van der Waals surface area contributed by atoms with Gasteiger partial charge in [-0.2, -0.15) is 13.2 Å². The van der Waals surface area contributed by atoms with E-state index in [0.29, 0.717) is 18.8 Å². The number of nitrogens with one attached hydrogen (secondary N) is 1. The van der Waals surface area contributed by atoms with Gasteiger partial charge in [-0.25, -0.2) is 0 Å². The molecule has 1 unspecified atom stereocenters. The second kappa shape index (κ2) is 5.18. The van der Waals surface area contributed by atoms with E-state index in [1.165, 1.54) is 6.07 Å². The first-order chi connectivity index (χ1) is 8.52. The molecule has 1 heterocycles. The maximum Gasteiger partial charge on any atom is 0.418 e. The Balaban J connectivity index is 2.19. The molecule has 0 saturated carbocycles. The largest absolute Gasteiger partial charge is 0.418 e. The van der Waals surface area contributed by atoms with Gasteiger partial charge >= 0.3 is 6.18 Å². The number of halogens is 3. The maximum atomic E-state index is 12.9. The van der Waals surface area contributed by atoms with Gasteiger partial charge in [0.25, 0.3) is 0 Å². The average molecular weight is 258 g/mol. The lowest BCUT2D eigenvalue weighted by Crippen LogP contribution is -2.32. The van der Waals surface area contributed by atoms with Crippen LogP contribution in [0.25, 0.3) is 0 Å². The molecule has 1 N–H and O–H groups in total. The number of para-hydroxylation sites is 1. The van der Waals surface area contributed by atoms with Gasteiger partial charge in [0.1, 0.15) is 0 Å². The summed E-state index contributed by atoms with van der Waals surface area (Å²) in [5.41, 5.74) is -0.243. The smallest absolute Gasteiger partial charge is 0.369 e. The Labute approximate surface area is 105 Å². The molecule has 1 aliphatic rings. The first-order valence-electron chi connectivity index (χ1n) is 6.17. The SMILES string of the molecule is CCNC1CCN(c2ccccc2C(F)(F)F)C1. The van der Waals surface area contributed by atoms with E-state index in [1.54, 1.807) is 12.1 Å². The molecule has 1 aliphatic heterocycles.